The minimum Gasteiger partial charge on any atom is -0.448 e. The van der Waals surface area contributed by atoms with Gasteiger partial charge in [0.05, 0.1) is 12.1 Å². The van der Waals surface area contributed by atoms with Crippen molar-refractivity contribution in [2.24, 2.45) is 5.73 Å². The Bertz CT molecular complexity index is 438. The van der Waals surface area contributed by atoms with Gasteiger partial charge < -0.3 is 15.8 Å². The number of primary amides is 1. The normalized spacial score (nSPS) is 9.76. The molecule has 0 aliphatic rings. The number of carbonyl (C=O) groups is 2. The van der Waals surface area contributed by atoms with Crippen LogP contribution in [0.4, 0.5) is 4.79 Å². The Labute approximate surface area is 115 Å². The Kier molecular flexibility index (Phi) is 5.43. The number of amides is 2. The number of halogens is 2. The van der Waals surface area contributed by atoms with E-state index in [1.165, 1.54) is 0 Å². The van der Waals surface area contributed by atoms with Crippen LogP contribution in [0.2, 0.25) is 0 Å². The van der Waals surface area contributed by atoms with Gasteiger partial charge in [0, 0.05) is 8.95 Å². The average molecular weight is 366 g/mol. The first-order valence-electron chi connectivity index (χ1n) is 4.66. The van der Waals surface area contributed by atoms with Crippen molar-refractivity contribution >= 4 is 43.9 Å². The van der Waals surface area contributed by atoms with Crippen molar-refractivity contribution in [1.82, 2.24) is 5.32 Å². The second kappa shape index (κ2) is 6.61. The van der Waals surface area contributed by atoms with Crippen LogP contribution in [-0.2, 0) is 4.74 Å². The summed E-state index contributed by atoms with van der Waals surface area (Å²) < 4.78 is 6.04. The minimum atomic E-state index is -0.857. The Hall–Kier alpha value is -1.08. The Morgan fingerprint density at radius 2 is 2.06 bits per heavy atom. The highest BCUT2D eigenvalue weighted by atomic mass is 79.9. The SMILES string of the molecule is NC(=O)OCCNC(=O)c1ccc(Br)cc1Br. The summed E-state index contributed by atoms with van der Waals surface area (Å²) in [4.78, 5) is 22.0. The molecule has 7 heteroatoms. The van der Waals surface area contributed by atoms with Crippen molar-refractivity contribution in [2.45, 2.75) is 0 Å². The number of ether oxygens (including phenoxy) is 1. The molecule has 0 unspecified atom stereocenters. The van der Waals surface area contributed by atoms with Gasteiger partial charge in [0.25, 0.3) is 5.91 Å². The first-order chi connectivity index (χ1) is 8.00. The maximum Gasteiger partial charge on any atom is 0.404 e. The van der Waals surface area contributed by atoms with Gasteiger partial charge in [0.1, 0.15) is 6.61 Å². The lowest BCUT2D eigenvalue weighted by Gasteiger charge is -2.07. The molecular weight excluding hydrogens is 356 g/mol. The molecule has 17 heavy (non-hydrogen) atoms. The van der Waals surface area contributed by atoms with E-state index in [2.05, 4.69) is 41.9 Å². The highest BCUT2D eigenvalue weighted by molar-refractivity contribution is 9.11. The predicted molar refractivity (Wildman–Crippen MR) is 69.7 cm³/mol. The van der Waals surface area contributed by atoms with Crippen LogP contribution >= 0.6 is 31.9 Å². The van der Waals surface area contributed by atoms with Gasteiger partial charge in [-0.3, -0.25) is 4.79 Å². The van der Waals surface area contributed by atoms with Gasteiger partial charge in [-0.05, 0) is 34.1 Å². The number of hydrogen-bond donors (Lipinski definition) is 2. The van der Waals surface area contributed by atoms with E-state index in [0.717, 1.165) is 4.47 Å². The van der Waals surface area contributed by atoms with Gasteiger partial charge in [0.2, 0.25) is 0 Å². The molecule has 3 N–H and O–H groups in total. The van der Waals surface area contributed by atoms with Crippen molar-refractivity contribution < 1.29 is 14.3 Å². The van der Waals surface area contributed by atoms with E-state index in [9.17, 15) is 9.59 Å². The van der Waals surface area contributed by atoms with Gasteiger partial charge in [-0.2, -0.15) is 0 Å². The molecule has 0 heterocycles. The molecule has 0 saturated heterocycles. The van der Waals surface area contributed by atoms with E-state index in [1.807, 2.05) is 0 Å². The van der Waals surface area contributed by atoms with E-state index in [4.69, 9.17) is 5.73 Å². The second-order valence-electron chi connectivity index (χ2n) is 3.05. The smallest absolute Gasteiger partial charge is 0.404 e. The number of benzene rings is 1. The first-order valence-corrected chi connectivity index (χ1v) is 6.25. The second-order valence-corrected chi connectivity index (χ2v) is 4.82. The molecule has 0 atom stereocenters. The summed E-state index contributed by atoms with van der Waals surface area (Å²) in [6.45, 7) is 0.263. The van der Waals surface area contributed by atoms with Gasteiger partial charge in [-0.25, -0.2) is 4.79 Å². The molecule has 1 aromatic rings. The summed E-state index contributed by atoms with van der Waals surface area (Å²) in [6.07, 6.45) is -0.857. The molecule has 5 nitrogen and oxygen atoms in total. The van der Waals surface area contributed by atoms with Crippen LogP contribution in [0.3, 0.4) is 0 Å². The van der Waals surface area contributed by atoms with E-state index in [-0.39, 0.29) is 19.1 Å². The number of carbonyl (C=O) groups excluding carboxylic acids is 2. The third kappa shape index (κ3) is 4.74. The molecule has 0 aliphatic carbocycles. The monoisotopic (exact) mass is 364 g/mol. The standard InChI is InChI=1S/C10H10Br2N2O3/c11-6-1-2-7(8(12)5-6)9(15)14-3-4-17-10(13)16/h1-2,5H,3-4H2,(H2,13,16)(H,14,15). The Balaban J connectivity index is 2.50. The molecule has 0 fully saturated rings. The number of rotatable bonds is 4. The summed E-state index contributed by atoms with van der Waals surface area (Å²) in [6, 6.07) is 5.22. The third-order valence-electron chi connectivity index (χ3n) is 1.81. The maximum atomic E-state index is 11.7. The molecule has 1 aromatic carbocycles. The van der Waals surface area contributed by atoms with Crippen molar-refractivity contribution in [3.05, 3.63) is 32.7 Å². The summed E-state index contributed by atoms with van der Waals surface area (Å²) in [7, 11) is 0. The lowest BCUT2D eigenvalue weighted by atomic mass is 10.2. The number of nitrogens with two attached hydrogens (primary N) is 1. The average Bonchev–Trinajstić information content (AvgIpc) is 2.23. The minimum absolute atomic E-state index is 0.0508. The van der Waals surface area contributed by atoms with Crippen LogP contribution in [0.25, 0.3) is 0 Å². The van der Waals surface area contributed by atoms with Crippen LogP contribution in [0.15, 0.2) is 27.1 Å². The van der Waals surface area contributed by atoms with Crippen LogP contribution in [0, 0.1) is 0 Å². The molecule has 92 valence electrons. The summed E-state index contributed by atoms with van der Waals surface area (Å²) in [5, 5.41) is 2.60. The zero-order chi connectivity index (χ0) is 12.8. The number of nitrogens with one attached hydrogen (secondary N) is 1. The zero-order valence-corrected chi connectivity index (χ0v) is 11.9. The highest BCUT2D eigenvalue weighted by Crippen LogP contribution is 2.21. The lowest BCUT2D eigenvalue weighted by Crippen LogP contribution is -2.29. The van der Waals surface area contributed by atoms with E-state index >= 15 is 0 Å². The van der Waals surface area contributed by atoms with Gasteiger partial charge in [-0.15, -0.1) is 0 Å². The Morgan fingerprint density at radius 1 is 1.35 bits per heavy atom. The van der Waals surface area contributed by atoms with Gasteiger partial charge in [-0.1, -0.05) is 15.9 Å². The van der Waals surface area contributed by atoms with E-state index in [1.54, 1.807) is 18.2 Å². The molecular formula is C10H10Br2N2O3. The van der Waals surface area contributed by atoms with Crippen LogP contribution < -0.4 is 11.1 Å². The van der Waals surface area contributed by atoms with Gasteiger partial charge >= 0.3 is 6.09 Å². The predicted octanol–water partition coefficient (Wildman–Crippen LogP) is 2.04. The summed E-state index contributed by atoms with van der Waals surface area (Å²) >= 11 is 6.58. The van der Waals surface area contributed by atoms with Gasteiger partial charge in [0.15, 0.2) is 0 Å². The van der Waals surface area contributed by atoms with Crippen LogP contribution in [0.1, 0.15) is 10.4 Å². The van der Waals surface area contributed by atoms with Crippen LogP contribution in [-0.4, -0.2) is 25.2 Å². The van der Waals surface area contributed by atoms with Crippen molar-refractivity contribution in [2.75, 3.05) is 13.2 Å². The van der Waals surface area contributed by atoms with Crippen LogP contribution in [0.5, 0.6) is 0 Å². The van der Waals surface area contributed by atoms with E-state index in [0.29, 0.717) is 10.0 Å². The largest absolute Gasteiger partial charge is 0.448 e. The molecule has 0 bridgehead atoms. The topological polar surface area (TPSA) is 81.4 Å². The number of hydrogen-bond acceptors (Lipinski definition) is 3. The fourth-order valence-corrected chi connectivity index (χ4v) is 2.31. The molecule has 0 aliphatic heterocycles. The summed E-state index contributed by atoms with van der Waals surface area (Å²) in [5.74, 6) is -0.252. The molecule has 1 rings (SSSR count). The first kappa shape index (κ1) is 14.0. The molecule has 0 aromatic heterocycles. The van der Waals surface area contributed by atoms with Crippen molar-refractivity contribution in [3.8, 4) is 0 Å². The zero-order valence-electron chi connectivity index (χ0n) is 8.70. The molecule has 2 amide bonds. The third-order valence-corrected chi connectivity index (χ3v) is 2.96. The fraction of sp³-hybridized carbons (Fsp3) is 0.200. The van der Waals surface area contributed by atoms with Crippen molar-refractivity contribution in [3.63, 3.8) is 0 Å². The maximum absolute atomic E-state index is 11.7. The molecule has 0 saturated carbocycles. The lowest BCUT2D eigenvalue weighted by molar-refractivity contribution is 0.0936. The quantitative estimate of drug-likeness (QED) is 0.801. The van der Waals surface area contributed by atoms with Crippen molar-refractivity contribution in [1.29, 1.82) is 0 Å². The molecule has 0 radical (unpaired) electrons. The Morgan fingerprint density at radius 3 is 2.65 bits per heavy atom. The highest BCUT2D eigenvalue weighted by Gasteiger charge is 2.09. The molecule has 0 spiro atoms. The fourth-order valence-electron chi connectivity index (χ4n) is 1.09. The van der Waals surface area contributed by atoms with E-state index < -0.39 is 6.09 Å². The summed E-state index contributed by atoms with van der Waals surface area (Å²) in [5.41, 5.74) is 5.28.